The van der Waals surface area contributed by atoms with Crippen LogP contribution in [-0.4, -0.2) is 10.1 Å². The molecule has 1 aromatic carbocycles. The number of nitrogens with one attached hydrogen (secondary N) is 1. The number of para-hydroxylation sites is 1. The predicted molar refractivity (Wildman–Crippen MR) is 55.6 cm³/mol. The van der Waals surface area contributed by atoms with E-state index in [-0.39, 0.29) is 16.8 Å². The van der Waals surface area contributed by atoms with Gasteiger partial charge in [0.1, 0.15) is 11.6 Å². The largest absolute Gasteiger partial charge is 0.507 e. The van der Waals surface area contributed by atoms with Crippen LogP contribution < -0.4 is 5.56 Å². The number of halogens is 1. The van der Waals surface area contributed by atoms with E-state index in [1.54, 1.807) is 13.0 Å². The Hall–Kier alpha value is -1.84. The van der Waals surface area contributed by atoms with Crippen molar-refractivity contribution in [3.63, 3.8) is 0 Å². The van der Waals surface area contributed by atoms with E-state index in [2.05, 4.69) is 4.98 Å². The maximum Gasteiger partial charge on any atom is 0.255 e. The smallest absolute Gasteiger partial charge is 0.255 e. The predicted octanol–water partition coefficient (Wildman–Crippen LogP) is 1.94. The second-order valence-corrected chi connectivity index (χ2v) is 3.30. The van der Waals surface area contributed by atoms with Crippen molar-refractivity contribution in [2.75, 3.05) is 0 Å². The Kier molecular flexibility index (Phi) is 2.19. The van der Waals surface area contributed by atoms with Crippen molar-refractivity contribution in [2.45, 2.75) is 13.3 Å². The Balaban J connectivity index is 2.97. The summed E-state index contributed by atoms with van der Waals surface area (Å²) in [6.45, 7) is 1.76. The van der Waals surface area contributed by atoms with Gasteiger partial charge in [-0.3, -0.25) is 4.79 Å². The molecule has 0 aliphatic heterocycles. The summed E-state index contributed by atoms with van der Waals surface area (Å²) in [5, 5.41) is 10.1. The Labute approximate surface area is 85.2 Å². The third kappa shape index (κ3) is 1.38. The number of fused-ring (bicyclic) bond motifs is 1. The SMILES string of the molecule is CCc1c(O)c2cccc(F)c2[nH]c1=O. The van der Waals surface area contributed by atoms with Crippen LogP contribution in [0.2, 0.25) is 0 Å². The zero-order valence-electron chi connectivity index (χ0n) is 8.17. The van der Waals surface area contributed by atoms with E-state index in [1.807, 2.05) is 0 Å². The minimum absolute atomic E-state index is 0.0530. The lowest BCUT2D eigenvalue weighted by atomic mass is 10.1. The Morgan fingerprint density at radius 1 is 1.47 bits per heavy atom. The first-order valence-electron chi connectivity index (χ1n) is 4.67. The molecule has 0 aliphatic carbocycles. The molecule has 0 saturated heterocycles. The summed E-state index contributed by atoms with van der Waals surface area (Å²) in [4.78, 5) is 13.9. The number of pyridine rings is 1. The normalized spacial score (nSPS) is 10.8. The van der Waals surface area contributed by atoms with Crippen molar-refractivity contribution in [3.8, 4) is 5.75 Å². The van der Waals surface area contributed by atoms with Crippen molar-refractivity contribution in [1.82, 2.24) is 4.98 Å². The quantitative estimate of drug-likeness (QED) is 0.750. The molecule has 0 amide bonds. The maximum atomic E-state index is 13.3. The van der Waals surface area contributed by atoms with Crippen LogP contribution in [0.3, 0.4) is 0 Å². The van der Waals surface area contributed by atoms with Crippen molar-refractivity contribution in [1.29, 1.82) is 0 Å². The van der Waals surface area contributed by atoms with Crippen LogP contribution in [0.5, 0.6) is 5.75 Å². The Morgan fingerprint density at radius 3 is 2.87 bits per heavy atom. The van der Waals surface area contributed by atoms with Crippen molar-refractivity contribution in [3.05, 3.63) is 39.9 Å². The molecule has 0 fully saturated rings. The topological polar surface area (TPSA) is 53.1 Å². The molecule has 0 bridgehead atoms. The summed E-state index contributed by atoms with van der Waals surface area (Å²) in [7, 11) is 0. The molecule has 3 nitrogen and oxygen atoms in total. The van der Waals surface area contributed by atoms with Crippen molar-refractivity contribution >= 4 is 10.9 Å². The van der Waals surface area contributed by atoms with E-state index in [0.717, 1.165) is 0 Å². The minimum atomic E-state index is -0.539. The van der Waals surface area contributed by atoms with Gasteiger partial charge >= 0.3 is 0 Å². The molecule has 0 radical (unpaired) electrons. The highest BCUT2D eigenvalue weighted by Gasteiger charge is 2.11. The zero-order chi connectivity index (χ0) is 11.0. The molecule has 2 rings (SSSR count). The van der Waals surface area contributed by atoms with Crippen LogP contribution in [-0.2, 0) is 6.42 Å². The number of H-pyrrole nitrogens is 1. The van der Waals surface area contributed by atoms with Gasteiger partial charge in [0.05, 0.1) is 11.1 Å². The third-order valence-corrected chi connectivity index (χ3v) is 2.42. The minimum Gasteiger partial charge on any atom is -0.507 e. The number of hydrogen-bond donors (Lipinski definition) is 2. The number of hydrogen-bond acceptors (Lipinski definition) is 2. The summed E-state index contributed by atoms with van der Waals surface area (Å²) < 4.78 is 13.3. The van der Waals surface area contributed by atoms with Gasteiger partial charge in [-0.25, -0.2) is 4.39 Å². The second kappa shape index (κ2) is 3.38. The molecule has 0 saturated carbocycles. The fourth-order valence-corrected chi connectivity index (χ4v) is 1.64. The van der Waals surface area contributed by atoms with E-state index in [1.165, 1.54) is 12.1 Å². The van der Waals surface area contributed by atoms with Gasteiger partial charge in [-0.05, 0) is 18.6 Å². The van der Waals surface area contributed by atoms with Crippen molar-refractivity contribution in [2.24, 2.45) is 0 Å². The van der Waals surface area contributed by atoms with E-state index in [4.69, 9.17) is 0 Å². The molecule has 2 N–H and O–H groups in total. The summed E-state index contributed by atoms with van der Waals surface area (Å²) in [5.41, 5.74) is -0.0992. The number of rotatable bonds is 1. The van der Waals surface area contributed by atoms with Crippen LogP contribution in [0.25, 0.3) is 10.9 Å². The van der Waals surface area contributed by atoms with Gasteiger partial charge < -0.3 is 10.1 Å². The molecule has 1 aromatic heterocycles. The van der Waals surface area contributed by atoms with Crippen LogP contribution in [0.1, 0.15) is 12.5 Å². The second-order valence-electron chi connectivity index (χ2n) is 3.30. The van der Waals surface area contributed by atoms with Crippen LogP contribution in [0, 0.1) is 5.82 Å². The fourth-order valence-electron chi connectivity index (χ4n) is 1.64. The summed E-state index contributed by atoms with van der Waals surface area (Å²) >= 11 is 0. The first kappa shape index (κ1) is 9.71. The third-order valence-electron chi connectivity index (χ3n) is 2.42. The van der Waals surface area contributed by atoms with E-state index in [9.17, 15) is 14.3 Å². The average Bonchev–Trinajstić information content (AvgIpc) is 2.20. The molecular weight excluding hydrogens is 197 g/mol. The number of aromatic nitrogens is 1. The molecule has 0 atom stereocenters. The Bertz CT molecular complexity index is 575. The van der Waals surface area contributed by atoms with Gasteiger partial charge in [-0.1, -0.05) is 13.0 Å². The number of aromatic amines is 1. The monoisotopic (exact) mass is 207 g/mol. The van der Waals surface area contributed by atoms with Crippen molar-refractivity contribution < 1.29 is 9.50 Å². The van der Waals surface area contributed by atoms with E-state index >= 15 is 0 Å². The first-order valence-corrected chi connectivity index (χ1v) is 4.67. The molecule has 78 valence electrons. The molecule has 0 aliphatic rings. The molecule has 4 heteroatoms. The van der Waals surface area contributed by atoms with Crippen LogP contribution in [0.15, 0.2) is 23.0 Å². The summed E-state index contributed by atoms with van der Waals surface area (Å²) in [6, 6.07) is 4.31. The lowest BCUT2D eigenvalue weighted by Gasteiger charge is -2.05. The molecule has 2 aromatic rings. The highest BCUT2D eigenvalue weighted by atomic mass is 19.1. The number of aromatic hydroxyl groups is 1. The van der Waals surface area contributed by atoms with Gasteiger partial charge in [-0.15, -0.1) is 0 Å². The standard InChI is InChI=1S/C11H10FNO2/c1-2-6-10(14)7-4-3-5-8(12)9(7)13-11(6)15/h3-5H,2H2,1H3,(H2,13,14,15). The van der Waals surface area contributed by atoms with Crippen LogP contribution in [0.4, 0.5) is 4.39 Å². The molecule has 0 unspecified atom stereocenters. The van der Waals surface area contributed by atoms with Gasteiger partial charge in [0.15, 0.2) is 0 Å². The van der Waals surface area contributed by atoms with Gasteiger partial charge in [0.25, 0.3) is 5.56 Å². The molecule has 15 heavy (non-hydrogen) atoms. The van der Waals surface area contributed by atoms with E-state index < -0.39 is 11.4 Å². The lowest BCUT2D eigenvalue weighted by molar-refractivity contribution is 0.473. The zero-order valence-corrected chi connectivity index (χ0v) is 8.17. The average molecular weight is 207 g/mol. The number of benzene rings is 1. The molecular formula is C11H10FNO2. The maximum absolute atomic E-state index is 13.3. The van der Waals surface area contributed by atoms with E-state index in [0.29, 0.717) is 11.8 Å². The van der Waals surface area contributed by atoms with Crippen LogP contribution >= 0.6 is 0 Å². The highest BCUT2D eigenvalue weighted by molar-refractivity contribution is 5.86. The van der Waals surface area contributed by atoms with Gasteiger partial charge in [0, 0.05) is 5.39 Å². The highest BCUT2D eigenvalue weighted by Crippen LogP contribution is 2.26. The molecule has 0 spiro atoms. The molecule has 1 heterocycles. The van der Waals surface area contributed by atoms with Gasteiger partial charge in [-0.2, -0.15) is 0 Å². The summed E-state index contributed by atoms with van der Waals surface area (Å²) in [6.07, 6.45) is 0.410. The summed E-state index contributed by atoms with van der Waals surface area (Å²) in [5.74, 6) is -0.668. The Morgan fingerprint density at radius 2 is 2.20 bits per heavy atom. The fraction of sp³-hybridized carbons (Fsp3) is 0.182. The van der Waals surface area contributed by atoms with Gasteiger partial charge in [0.2, 0.25) is 0 Å². The first-order chi connectivity index (χ1) is 7.15. The lowest BCUT2D eigenvalue weighted by Crippen LogP contribution is -2.12.